The first-order chi connectivity index (χ1) is 9.70. The quantitative estimate of drug-likeness (QED) is 0.691. The number of halogens is 1. The van der Waals surface area contributed by atoms with Crippen LogP contribution in [0.25, 0.3) is 10.9 Å². The second kappa shape index (κ2) is 5.20. The SMILES string of the molecule is Cc1onc2c(=O)n(Cc3ccccc3)nc(CBr)c12. The smallest absolute Gasteiger partial charge is 0.297 e. The fourth-order valence-electron chi connectivity index (χ4n) is 2.18. The lowest BCUT2D eigenvalue weighted by Gasteiger charge is -2.07. The molecule has 0 saturated carbocycles. The normalized spacial score (nSPS) is 11.1. The van der Waals surface area contributed by atoms with Gasteiger partial charge in [0.25, 0.3) is 5.56 Å². The predicted octanol–water partition coefficient (Wildman–Crippen LogP) is 2.64. The van der Waals surface area contributed by atoms with E-state index >= 15 is 0 Å². The Kier molecular flexibility index (Phi) is 3.40. The minimum atomic E-state index is -0.231. The summed E-state index contributed by atoms with van der Waals surface area (Å²) in [6.07, 6.45) is 0. The van der Waals surface area contributed by atoms with E-state index in [4.69, 9.17) is 4.52 Å². The van der Waals surface area contributed by atoms with Gasteiger partial charge in [-0.25, -0.2) is 4.68 Å². The maximum Gasteiger partial charge on any atom is 0.297 e. The Morgan fingerprint density at radius 1 is 1.30 bits per heavy atom. The first kappa shape index (κ1) is 13.1. The number of hydrogen-bond donors (Lipinski definition) is 0. The van der Waals surface area contributed by atoms with E-state index in [0.717, 1.165) is 11.3 Å². The van der Waals surface area contributed by atoms with Gasteiger partial charge in [0.05, 0.1) is 17.6 Å². The molecule has 0 aliphatic rings. The number of benzene rings is 1. The molecule has 5 nitrogen and oxygen atoms in total. The van der Waals surface area contributed by atoms with Crippen molar-refractivity contribution in [2.24, 2.45) is 0 Å². The second-order valence-electron chi connectivity index (χ2n) is 4.49. The van der Waals surface area contributed by atoms with Crippen LogP contribution in [0.5, 0.6) is 0 Å². The Hall–Kier alpha value is -1.95. The summed E-state index contributed by atoms with van der Waals surface area (Å²) < 4.78 is 6.55. The average molecular weight is 334 g/mol. The molecular formula is C14H12BrN3O2. The summed E-state index contributed by atoms with van der Waals surface area (Å²) in [5.74, 6) is 0.617. The van der Waals surface area contributed by atoms with Gasteiger partial charge in [-0.3, -0.25) is 4.79 Å². The van der Waals surface area contributed by atoms with E-state index < -0.39 is 0 Å². The summed E-state index contributed by atoms with van der Waals surface area (Å²) in [4.78, 5) is 12.4. The molecule has 0 aliphatic heterocycles. The maximum atomic E-state index is 12.4. The minimum absolute atomic E-state index is 0.231. The fraction of sp³-hybridized carbons (Fsp3) is 0.214. The Morgan fingerprint density at radius 3 is 2.75 bits per heavy atom. The molecule has 0 saturated heterocycles. The highest BCUT2D eigenvalue weighted by Gasteiger charge is 2.16. The number of rotatable bonds is 3. The van der Waals surface area contributed by atoms with E-state index in [1.165, 1.54) is 4.68 Å². The van der Waals surface area contributed by atoms with Crippen LogP contribution in [0.4, 0.5) is 0 Å². The zero-order valence-corrected chi connectivity index (χ0v) is 12.4. The van der Waals surface area contributed by atoms with E-state index in [-0.39, 0.29) is 5.56 Å². The van der Waals surface area contributed by atoms with Crippen molar-refractivity contribution in [3.63, 3.8) is 0 Å². The van der Waals surface area contributed by atoms with Gasteiger partial charge in [0.15, 0.2) is 5.52 Å². The second-order valence-corrected chi connectivity index (χ2v) is 5.05. The number of aryl methyl sites for hydroxylation is 1. The number of nitrogens with zero attached hydrogens (tertiary/aromatic N) is 3. The van der Waals surface area contributed by atoms with Crippen molar-refractivity contribution in [2.45, 2.75) is 18.8 Å². The maximum absolute atomic E-state index is 12.4. The molecule has 3 rings (SSSR count). The molecule has 1 aromatic carbocycles. The lowest BCUT2D eigenvalue weighted by atomic mass is 10.2. The van der Waals surface area contributed by atoms with Crippen molar-refractivity contribution >= 4 is 26.8 Å². The van der Waals surface area contributed by atoms with Gasteiger partial charge in [-0.15, -0.1) is 0 Å². The minimum Gasteiger partial charge on any atom is -0.360 e. The van der Waals surface area contributed by atoms with Crippen molar-refractivity contribution in [1.82, 2.24) is 14.9 Å². The van der Waals surface area contributed by atoms with Gasteiger partial charge < -0.3 is 4.52 Å². The highest BCUT2D eigenvalue weighted by Crippen LogP contribution is 2.19. The van der Waals surface area contributed by atoms with E-state index in [1.807, 2.05) is 30.3 Å². The molecule has 0 N–H and O–H groups in total. The predicted molar refractivity (Wildman–Crippen MR) is 79.0 cm³/mol. The number of fused-ring (bicyclic) bond motifs is 1. The molecule has 20 heavy (non-hydrogen) atoms. The molecule has 0 fully saturated rings. The van der Waals surface area contributed by atoms with Crippen LogP contribution in [-0.2, 0) is 11.9 Å². The summed E-state index contributed by atoms with van der Waals surface area (Å²) >= 11 is 3.39. The highest BCUT2D eigenvalue weighted by molar-refractivity contribution is 9.08. The van der Waals surface area contributed by atoms with Crippen molar-refractivity contribution in [2.75, 3.05) is 0 Å². The summed E-state index contributed by atoms with van der Waals surface area (Å²) in [6.45, 7) is 2.20. The third-order valence-corrected chi connectivity index (χ3v) is 3.66. The standard InChI is InChI=1S/C14H12BrN3O2/c1-9-12-11(7-15)16-18(14(19)13(12)17-20-9)8-10-5-3-2-4-6-10/h2-6H,7-8H2,1H3. The summed E-state index contributed by atoms with van der Waals surface area (Å²) in [7, 11) is 0. The monoisotopic (exact) mass is 333 g/mol. The summed E-state index contributed by atoms with van der Waals surface area (Å²) in [6, 6.07) is 9.73. The molecule has 6 heteroatoms. The molecule has 2 aromatic heterocycles. The highest BCUT2D eigenvalue weighted by atomic mass is 79.9. The third kappa shape index (κ3) is 2.16. The molecule has 0 spiro atoms. The van der Waals surface area contributed by atoms with Crippen LogP contribution < -0.4 is 5.56 Å². The van der Waals surface area contributed by atoms with Gasteiger partial charge in [0.1, 0.15) is 5.76 Å². The Morgan fingerprint density at radius 2 is 2.05 bits per heavy atom. The van der Waals surface area contributed by atoms with Crippen LogP contribution in [0, 0.1) is 6.92 Å². The molecule has 0 aliphatic carbocycles. The van der Waals surface area contributed by atoms with Crippen LogP contribution in [0.1, 0.15) is 17.0 Å². The lowest BCUT2D eigenvalue weighted by Crippen LogP contribution is -2.25. The topological polar surface area (TPSA) is 60.9 Å². The van der Waals surface area contributed by atoms with E-state index in [1.54, 1.807) is 6.92 Å². The van der Waals surface area contributed by atoms with Crippen molar-refractivity contribution in [3.8, 4) is 0 Å². The third-order valence-electron chi connectivity index (χ3n) is 3.13. The van der Waals surface area contributed by atoms with E-state index in [0.29, 0.717) is 28.5 Å². The van der Waals surface area contributed by atoms with Crippen molar-refractivity contribution in [1.29, 1.82) is 0 Å². The Labute approximate surface area is 123 Å². The van der Waals surface area contributed by atoms with E-state index in [2.05, 4.69) is 26.2 Å². The van der Waals surface area contributed by atoms with Crippen molar-refractivity contribution < 1.29 is 4.52 Å². The zero-order valence-electron chi connectivity index (χ0n) is 10.8. The number of aromatic nitrogens is 3. The molecule has 2 heterocycles. The molecule has 0 bridgehead atoms. The number of alkyl halides is 1. The molecule has 3 aromatic rings. The number of hydrogen-bond acceptors (Lipinski definition) is 4. The Bertz CT molecular complexity index is 808. The molecule has 0 atom stereocenters. The van der Waals surface area contributed by atoms with Crippen LogP contribution in [-0.4, -0.2) is 14.9 Å². The van der Waals surface area contributed by atoms with Crippen LogP contribution in [0.2, 0.25) is 0 Å². The van der Waals surface area contributed by atoms with Gasteiger partial charge >= 0.3 is 0 Å². The van der Waals surface area contributed by atoms with Gasteiger partial charge in [-0.1, -0.05) is 51.4 Å². The first-order valence-corrected chi connectivity index (χ1v) is 7.28. The largest absolute Gasteiger partial charge is 0.360 e. The molecule has 102 valence electrons. The molecule has 0 radical (unpaired) electrons. The average Bonchev–Trinajstić information content (AvgIpc) is 2.86. The van der Waals surface area contributed by atoms with Gasteiger partial charge in [0, 0.05) is 5.33 Å². The fourth-order valence-corrected chi connectivity index (χ4v) is 2.57. The van der Waals surface area contributed by atoms with Crippen LogP contribution >= 0.6 is 15.9 Å². The molecule has 0 amide bonds. The zero-order chi connectivity index (χ0) is 14.1. The molecular weight excluding hydrogens is 322 g/mol. The molecule has 0 unspecified atom stereocenters. The van der Waals surface area contributed by atoms with Crippen LogP contribution in [0.3, 0.4) is 0 Å². The van der Waals surface area contributed by atoms with Gasteiger partial charge in [-0.2, -0.15) is 5.10 Å². The summed E-state index contributed by atoms with van der Waals surface area (Å²) in [5.41, 5.74) is 1.88. The van der Waals surface area contributed by atoms with Crippen molar-refractivity contribution in [3.05, 3.63) is 57.7 Å². The van der Waals surface area contributed by atoms with Gasteiger partial charge in [-0.05, 0) is 12.5 Å². The van der Waals surface area contributed by atoms with E-state index in [9.17, 15) is 4.79 Å². The van der Waals surface area contributed by atoms with Crippen LogP contribution in [0.15, 0.2) is 39.6 Å². The van der Waals surface area contributed by atoms with Gasteiger partial charge in [0.2, 0.25) is 0 Å². The first-order valence-electron chi connectivity index (χ1n) is 6.16. The lowest BCUT2D eigenvalue weighted by molar-refractivity contribution is 0.405. The summed E-state index contributed by atoms with van der Waals surface area (Å²) in [5, 5.41) is 9.51. The Balaban J connectivity index is 2.17.